The molecule has 0 aliphatic heterocycles. The maximum Gasteiger partial charge on any atom is 0.352 e. The molecular weight excluding hydrogens is 536 g/mol. The van der Waals surface area contributed by atoms with Crippen LogP contribution in [0.25, 0.3) is 17.2 Å². The number of carboxylic acid groups (broad SMARTS) is 2. The van der Waals surface area contributed by atoms with Crippen LogP contribution in [0.2, 0.25) is 0 Å². The zero-order valence-corrected chi connectivity index (χ0v) is 22.6. The number of rotatable bonds is 8. The average molecular weight is 565 g/mol. The van der Waals surface area contributed by atoms with Crippen LogP contribution in [0.15, 0.2) is 97.1 Å². The minimum Gasteiger partial charge on any atom is -0.481 e. The fraction of sp³-hybridized carbons (Fsp3) is 0.235. The van der Waals surface area contributed by atoms with Gasteiger partial charge < -0.3 is 19.7 Å². The van der Waals surface area contributed by atoms with Crippen LogP contribution in [0.4, 0.5) is 0 Å². The van der Waals surface area contributed by atoms with Gasteiger partial charge in [0, 0.05) is 12.0 Å². The molecule has 4 unspecified atom stereocenters. The lowest BCUT2D eigenvalue weighted by Crippen LogP contribution is -2.54. The van der Waals surface area contributed by atoms with Gasteiger partial charge in [-0.3, -0.25) is 14.4 Å². The molecule has 0 spiro atoms. The topological polar surface area (TPSA) is 127 Å². The SMILES string of the molecule is O=C(CC1(C(=O)O)CC2C=CC1(C(=O)OC1(C(=O)O)C=Cc3ccccc3C1)C2)Oc1ccccc1-c1ccccc1. The molecule has 0 heterocycles. The Balaban J connectivity index is 1.30. The van der Waals surface area contributed by atoms with Gasteiger partial charge in [0.15, 0.2) is 0 Å². The third-order valence-corrected chi connectivity index (χ3v) is 8.79. The number of ether oxygens (including phenoxy) is 2. The van der Waals surface area contributed by atoms with E-state index in [1.807, 2.05) is 42.5 Å². The number of hydrogen-bond acceptors (Lipinski definition) is 6. The molecule has 8 heteroatoms. The Kier molecular flexibility index (Phi) is 6.56. The van der Waals surface area contributed by atoms with E-state index in [1.54, 1.807) is 48.6 Å². The first kappa shape index (κ1) is 27.2. The Morgan fingerprint density at radius 2 is 1.52 bits per heavy atom. The molecule has 3 aromatic carbocycles. The summed E-state index contributed by atoms with van der Waals surface area (Å²) in [6.07, 6.45) is 5.56. The van der Waals surface area contributed by atoms with Gasteiger partial charge in [-0.2, -0.15) is 0 Å². The van der Waals surface area contributed by atoms with E-state index in [9.17, 15) is 29.4 Å². The highest BCUT2D eigenvalue weighted by molar-refractivity contribution is 5.96. The first-order valence-electron chi connectivity index (χ1n) is 13.7. The van der Waals surface area contributed by atoms with Crippen LogP contribution in [-0.2, 0) is 30.3 Å². The van der Waals surface area contributed by atoms with Crippen molar-refractivity contribution in [3.8, 4) is 16.9 Å². The lowest BCUT2D eigenvalue weighted by molar-refractivity contribution is -0.187. The van der Waals surface area contributed by atoms with E-state index < -0.39 is 46.7 Å². The number of carbonyl (C=O) groups is 4. The molecule has 3 aliphatic carbocycles. The van der Waals surface area contributed by atoms with Crippen LogP contribution >= 0.6 is 0 Å². The normalized spacial score (nSPS) is 26.8. The van der Waals surface area contributed by atoms with E-state index in [0.717, 1.165) is 11.1 Å². The van der Waals surface area contributed by atoms with E-state index in [-0.39, 0.29) is 30.9 Å². The summed E-state index contributed by atoms with van der Waals surface area (Å²) in [4.78, 5) is 53.0. The van der Waals surface area contributed by atoms with Crippen molar-refractivity contribution in [2.45, 2.75) is 31.3 Å². The van der Waals surface area contributed by atoms with Gasteiger partial charge in [-0.15, -0.1) is 0 Å². The minimum absolute atomic E-state index is 0.0160. The standard InChI is InChI=1S/C34H28O8/c35-28(41-27-13-7-6-12-26(27)24-9-2-1-3-10-24)21-33(29(36)37)19-22-14-16-32(33,18-22)31(40)42-34(30(38)39)17-15-23-8-4-5-11-25(23)20-34/h1-17,22H,18-21H2,(H,36,37)(H,38,39). The van der Waals surface area contributed by atoms with Gasteiger partial charge in [-0.1, -0.05) is 91.0 Å². The summed E-state index contributed by atoms with van der Waals surface area (Å²) in [5, 5.41) is 20.8. The summed E-state index contributed by atoms with van der Waals surface area (Å²) < 4.78 is 11.5. The minimum atomic E-state index is -2.02. The molecule has 1 saturated carbocycles. The average Bonchev–Trinajstić information content (AvgIpc) is 3.56. The first-order valence-corrected chi connectivity index (χ1v) is 13.7. The number of para-hydroxylation sites is 1. The van der Waals surface area contributed by atoms with Gasteiger partial charge in [-0.25, -0.2) is 4.79 Å². The fourth-order valence-electron chi connectivity index (χ4n) is 6.66. The van der Waals surface area contributed by atoms with E-state index in [4.69, 9.17) is 9.47 Å². The molecule has 0 aromatic heterocycles. The molecule has 0 saturated heterocycles. The number of carbonyl (C=O) groups excluding carboxylic acids is 2. The molecule has 8 nitrogen and oxygen atoms in total. The quantitative estimate of drug-likeness (QED) is 0.214. The second kappa shape index (κ2) is 10.1. The lowest BCUT2D eigenvalue weighted by atomic mass is 9.62. The predicted molar refractivity (Wildman–Crippen MR) is 152 cm³/mol. The van der Waals surface area contributed by atoms with Crippen molar-refractivity contribution in [1.29, 1.82) is 0 Å². The van der Waals surface area contributed by atoms with Crippen molar-refractivity contribution in [3.63, 3.8) is 0 Å². The number of esters is 2. The molecule has 0 amide bonds. The Morgan fingerprint density at radius 1 is 0.810 bits per heavy atom. The van der Waals surface area contributed by atoms with Crippen LogP contribution in [0.5, 0.6) is 5.75 Å². The number of fused-ring (bicyclic) bond motifs is 3. The molecule has 1 fully saturated rings. The smallest absolute Gasteiger partial charge is 0.352 e. The van der Waals surface area contributed by atoms with Gasteiger partial charge >= 0.3 is 23.9 Å². The second-order valence-electron chi connectivity index (χ2n) is 11.2. The van der Waals surface area contributed by atoms with Crippen LogP contribution in [-0.4, -0.2) is 39.7 Å². The maximum atomic E-state index is 14.0. The van der Waals surface area contributed by atoms with E-state index >= 15 is 0 Å². The molecule has 4 atom stereocenters. The van der Waals surface area contributed by atoms with E-state index in [1.165, 1.54) is 12.2 Å². The lowest BCUT2D eigenvalue weighted by Gasteiger charge is -2.41. The highest BCUT2D eigenvalue weighted by Crippen LogP contribution is 2.63. The Morgan fingerprint density at radius 3 is 2.26 bits per heavy atom. The van der Waals surface area contributed by atoms with Crippen LogP contribution in [0.1, 0.15) is 30.4 Å². The monoisotopic (exact) mass is 564 g/mol. The summed E-state index contributed by atoms with van der Waals surface area (Å²) in [6, 6.07) is 23.4. The summed E-state index contributed by atoms with van der Waals surface area (Å²) in [5.74, 6) is -4.53. The van der Waals surface area contributed by atoms with Crippen LogP contribution in [0, 0.1) is 16.7 Å². The zero-order chi connectivity index (χ0) is 29.5. The number of carboxylic acids is 2. The molecule has 6 rings (SSSR count). The molecule has 212 valence electrons. The molecule has 42 heavy (non-hydrogen) atoms. The Bertz CT molecular complexity index is 1660. The first-order chi connectivity index (χ1) is 20.2. The van der Waals surface area contributed by atoms with Crippen molar-refractivity contribution in [1.82, 2.24) is 0 Å². The third kappa shape index (κ3) is 4.31. The summed E-state index contributed by atoms with van der Waals surface area (Å²) >= 11 is 0. The van der Waals surface area contributed by atoms with E-state index in [2.05, 4.69) is 0 Å². The summed E-state index contributed by atoms with van der Waals surface area (Å²) in [6.45, 7) is 0. The fourth-order valence-corrected chi connectivity index (χ4v) is 6.66. The van der Waals surface area contributed by atoms with Crippen molar-refractivity contribution < 1.29 is 38.9 Å². The molecule has 0 radical (unpaired) electrons. The van der Waals surface area contributed by atoms with Gasteiger partial charge in [0.05, 0.1) is 11.8 Å². The summed E-state index contributed by atoms with van der Waals surface area (Å²) in [5.41, 5.74) is -2.67. The highest BCUT2D eigenvalue weighted by atomic mass is 16.6. The largest absolute Gasteiger partial charge is 0.481 e. The van der Waals surface area contributed by atoms with Gasteiger partial charge in [0.2, 0.25) is 5.60 Å². The third-order valence-electron chi connectivity index (χ3n) is 8.79. The number of aliphatic carboxylic acids is 2. The van der Waals surface area contributed by atoms with Crippen molar-refractivity contribution in [3.05, 3.63) is 108 Å². The van der Waals surface area contributed by atoms with E-state index in [0.29, 0.717) is 11.1 Å². The number of allylic oxidation sites excluding steroid dienone is 1. The van der Waals surface area contributed by atoms with Crippen molar-refractivity contribution >= 4 is 30.0 Å². The molecule has 3 aromatic rings. The predicted octanol–water partition coefficient (Wildman–Crippen LogP) is 5.32. The number of hydrogen-bond donors (Lipinski definition) is 2. The van der Waals surface area contributed by atoms with Gasteiger partial charge in [-0.05, 0) is 47.6 Å². The summed E-state index contributed by atoms with van der Waals surface area (Å²) in [7, 11) is 0. The maximum absolute atomic E-state index is 14.0. The zero-order valence-electron chi connectivity index (χ0n) is 22.6. The van der Waals surface area contributed by atoms with Crippen molar-refractivity contribution in [2.24, 2.45) is 16.7 Å². The number of benzene rings is 3. The second-order valence-corrected chi connectivity index (χ2v) is 11.2. The van der Waals surface area contributed by atoms with Crippen molar-refractivity contribution in [2.75, 3.05) is 0 Å². The Hall–Kier alpha value is -4.98. The van der Waals surface area contributed by atoms with Gasteiger partial charge in [0.25, 0.3) is 0 Å². The molecular formula is C34H28O8. The van der Waals surface area contributed by atoms with Gasteiger partial charge in [0.1, 0.15) is 11.2 Å². The molecule has 2 bridgehead atoms. The van der Waals surface area contributed by atoms with Crippen LogP contribution < -0.4 is 4.74 Å². The Labute approximate surface area is 241 Å². The molecule has 2 N–H and O–H groups in total. The highest BCUT2D eigenvalue weighted by Gasteiger charge is 2.69. The molecule has 3 aliphatic rings. The van der Waals surface area contributed by atoms with Crippen LogP contribution in [0.3, 0.4) is 0 Å².